The van der Waals surface area contributed by atoms with Gasteiger partial charge in [0, 0.05) is 17.7 Å². The van der Waals surface area contributed by atoms with E-state index in [4.69, 9.17) is 16.3 Å². The Morgan fingerprint density at radius 1 is 1.44 bits per heavy atom. The van der Waals surface area contributed by atoms with Crippen molar-refractivity contribution in [1.29, 1.82) is 10.5 Å². The van der Waals surface area contributed by atoms with Crippen molar-refractivity contribution in [2.45, 2.75) is 19.4 Å². The first-order chi connectivity index (χ1) is 7.63. The summed E-state index contributed by atoms with van der Waals surface area (Å²) in [5, 5.41) is 17.2. The highest BCUT2D eigenvalue weighted by atomic mass is 19.3. The van der Waals surface area contributed by atoms with E-state index in [2.05, 4.69) is 4.98 Å². The van der Waals surface area contributed by atoms with Crippen molar-refractivity contribution in [3.8, 4) is 12.1 Å². The second-order valence-electron chi connectivity index (χ2n) is 2.98. The molecule has 2 N–H and O–H groups in total. The molecule has 82 valence electrons. The van der Waals surface area contributed by atoms with Crippen molar-refractivity contribution < 1.29 is 8.78 Å². The highest BCUT2D eigenvalue weighted by Gasteiger charge is 2.17. The van der Waals surface area contributed by atoms with Gasteiger partial charge < -0.3 is 5.73 Å². The quantitative estimate of drug-likeness (QED) is 0.837. The molecule has 6 heteroatoms. The fraction of sp³-hybridized carbons (Fsp3) is 0.300. The Hall–Kier alpha value is -2.05. The maximum atomic E-state index is 12.6. The maximum Gasteiger partial charge on any atom is 0.265 e. The average Bonchev–Trinajstić information content (AvgIpc) is 2.28. The van der Waals surface area contributed by atoms with Gasteiger partial charge in [-0.1, -0.05) is 0 Å². The zero-order valence-corrected chi connectivity index (χ0v) is 8.24. The number of hydrogen-bond donors (Lipinski definition) is 1. The van der Waals surface area contributed by atoms with Gasteiger partial charge in [-0.05, 0) is 6.07 Å². The minimum Gasteiger partial charge on any atom is -0.325 e. The molecule has 0 aliphatic heterocycles. The first-order valence-electron chi connectivity index (χ1n) is 4.42. The normalized spacial score (nSPS) is 9.88. The zero-order chi connectivity index (χ0) is 12.1. The SMILES string of the molecule is N#CCc1cc(C(F)F)c(CN)nc1C#N. The van der Waals surface area contributed by atoms with E-state index in [1.807, 2.05) is 0 Å². The number of alkyl halides is 2. The molecular formula is C10H8F2N4. The largest absolute Gasteiger partial charge is 0.325 e. The molecule has 1 heterocycles. The second kappa shape index (κ2) is 5.15. The van der Waals surface area contributed by atoms with Gasteiger partial charge in [0.1, 0.15) is 11.8 Å². The Kier molecular flexibility index (Phi) is 3.87. The van der Waals surface area contributed by atoms with Gasteiger partial charge in [0.15, 0.2) is 0 Å². The van der Waals surface area contributed by atoms with E-state index in [9.17, 15) is 8.78 Å². The molecule has 0 radical (unpaired) electrons. The third-order valence-corrected chi connectivity index (χ3v) is 2.02. The van der Waals surface area contributed by atoms with Gasteiger partial charge in [-0.3, -0.25) is 0 Å². The molecule has 0 spiro atoms. The number of hydrogen-bond acceptors (Lipinski definition) is 4. The van der Waals surface area contributed by atoms with Crippen molar-refractivity contribution in [3.05, 3.63) is 28.6 Å². The summed E-state index contributed by atoms with van der Waals surface area (Å²) in [6, 6.07) is 4.68. The minimum atomic E-state index is -2.71. The van der Waals surface area contributed by atoms with Crippen LogP contribution in [0.5, 0.6) is 0 Å². The van der Waals surface area contributed by atoms with Crippen molar-refractivity contribution in [3.63, 3.8) is 0 Å². The molecule has 0 amide bonds. The molecule has 0 aromatic carbocycles. The van der Waals surface area contributed by atoms with Gasteiger partial charge in [-0.15, -0.1) is 0 Å². The first-order valence-corrected chi connectivity index (χ1v) is 4.42. The molecule has 4 nitrogen and oxygen atoms in total. The Balaban J connectivity index is 3.37. The molecule has 1 aromatic rings. The average molecular weight is 222 g/mol. The van der Waals surface area contributed by atoms with Crippen molar-refractivity contribution in [1.82, 2.24) is 4.98 Å². The number of nitriles is 2. The van der Waals surface area contributed by atoms with Gasteiger partial charge in [0.2, 0.25) is 0 Å². The molecular weight excluding hydrogens is 214 g/mol. The van der Waals surface area contributed by atoms with Crippen LogP contribution in [0.25, 0.3) is 0 Å². The van der Waals surface area contributed by atoms with Gasteiger partial charge >= 0.3 is 0 Å². The molecule has 1 aromatic heterocycles. The van der Waals surface area contributed by atoms with Crippen LogP contribution in [0, 0.1) is 22.7 Å². The third kappa shape index (κ3) is 2.30. The predicted octanol–water partition coefficient (Wildman–Crippen LogP) is 1.42. The minimum absolute atomic E-state index is 0.00626. The van der Waals surface area contributed by atoms with E-state index < -0.39 is 6.43 Å². The first kappa shape index (κ1) is 12.0. The van der Waals surface area contributed by atoms with Crippen LogP contribution in [0.15, 0.2) is 6.07 Å². The summed E-state index contributed by atoms with van der Waals surface area (Å²) < 4.78 is 25.2. The topological polar surface area (TPSA) is 86.5 Å². The monoisotopic (exact) mass is 222 g/mol. The highest BCUT2D eigenvalue weighted by Crippen LogP contribution is 2.24. The standard InChI is InChI=1S/C10H8F2N4/c11-10(12)7-3-6(1-2-13)8(4-14)16-9(7)5-15/h3,10H,1,5,15H2. The van der Waals surface area contributed by atoms with Gasteiger partial charge in [-0.25, -0.2) is 13.8 Å². The van der Waals surface area contributed by atoms with Crippen LogP contribution in [0.3, 0.4) is 0 Å². The van der Waals surface area contributed by atoms with Crippen LogP contribution in [0.2, 0.25) is 0 Å². The number of nitrogens with zero attached hydrogens (tertiary/aromatic N) is 3. The summed E-state index contributed by atoms with van der Waals surface area (Å²) in [6.07, 6.45) is -2.84. The van der Waals surface area contributed by atoms with Gasteiger partial charge in [-0.2, -0.15) is 10.5 Å². The van der Waals surface area contributed by atoms with E-state index in [0.717, 1.165) is 6.07 Å². The van der Waals surface area contributed by atoms with Gasteiger partial charge in [0.25, 0.3) is 6.43 Å². The van der Waals surface area contributed by atoms with E-state index in [-0.39, 0.29) is 35.5 Å². The predicted molar refractivity (Wildman–Crippen MR) is 51.1 cm³/mol. The molecule has 0 bridgehead atoms. The summed E-state index contributed by atoms with van der Waals surface area (Å²) in [4.78, 5) is 3.73. The highest BCUT2D eigenvalue weighted by molar-refractivity contribution is 5.39. The lowest BCUT2D eigenvalue weighted by Crippen LogP contribution is -2.08. The summed E-state index contributed by atoms with van der Waals surface area (Å²) >= 11 is 0. The van der Waals surface area contributed by atoms with Crippen LogP contribution in [-0.4, -0.2) is 4.98 Å². The number of halogens is 2. The lowest BCUT2D eigenvalue weighted by Gasteiger charge is -2.08. The van der Waals surface area contributed by atoms with Crippen LogP contribution in [-0.2, 0) is 13.0 Å². The van der Waals surface area contributed by atoms with E-state index in [1.165, 1.54) is 0 Å². The van der Waals surface area contributed by atoms with Crippen LogP contribution >= 0.6 is 0 Å². The summed E-state index contributed by atoms with van der Waals surface area (Å²) in [7, 11) is 0. The molecule has 0 aliphatic rings. The molecule has 16 heavy (non-hydrogen) atoms. The number of nitrogens with two attached hydrogens (primary N) is 1. The smallest absolute Gasteiger partial charge is 0.265 e. The molecule has 0 unspecified atom stereocenters. The van der Waals surface area contributed by atoms with Gasteiger partial charge in [0.05, 0.1) is 18.2 Å². The van der Waals surface area contributed by atoms with E-state index in [0.29, 0.717) is 0 Å². The maximum absolute atomic E-state index is 12.6. The molecule has 1 rings (SSSR count). The molecule has 0 saturated heterocycles. The Morgan fingerprint density at radius 2 is 2.12 bits per heavy atom. The molecule has 0 fully saturated rings. The number of pyridine rings is 1. The third-order valence-electron chi connectivity index (χ3n) is 2.02. The fourth-order valence-electron chi connectivity index (χ4n) is 1.28. The lowest BCUT2D eigenvalue weighted by atomic mass is 10.1. The molecule has 0 saturated carbocycles. The van der Waals surface area contributed by atoms with Crippen molar-refractivity contribution in [2.24, 2.45) is 5.73 Å². The fourth-order valence-corrected chi connectivity index (χ4v) is 1.28. The van der Waals surface area contributed by atoms with Crippen molar-refractivity contribution >= 4 is 0 Å². The van der Waals surface area contributed by atoms with Crippen LogP contribution < -0.4 is 5.73 Å². The molecule has 0 atom stereocenters. The Morgan fingerprint density at radius 3 is 2.56 bits per heavy atom. The zero-order valence-electron chi connectivity index (χ0n) is 8.24. The summed E-state index contributed by atoms with van der Waals surface area (Å²) in [5.74, 6) is 0. The lowest BCUT2D eigenvalue weighted by molar-refractivity contribution is 0.149. The van der Waals surface area contributed by atoms with E-state index >= 15 is 0 Å². The van der Waals surface area contributed by atoms with Crippen LogP contribution in [0.4, 0.5) is 8.78 Å². The van der Waals surface area contributed by atoms with E-state index in [1.54, 1.807) is 12.1 Å². The number of aromatic nitrogens is 1. The Labute approximate surface area is 90.9 Å². The molecule has 0 aliphatic carbocycles. The Bertz CT molecular complexity index is 471. The second-order valence-corrected chi connectivity index (χ2v) is 2.98. The van der Waals surface area contributed by atoms with Crippen LogP contribution in [0.1, 0.15) is 28.9 Å². The number of rotatable bonds is 3. The summed E-state index contributed by atoms with van der Waals surface area (Å²) in [6.45, 7) is -0.165. The van der Waals surface area contributed by atoms with Crippen molar-refractivity contribution in [2.75, 3.05) is 0 Å². The summed E-state index contributed by atoms with van der Waals surface area (Å²) in [5.41, 5.74) is 5.13.